The Bertz CT molecular complexity index is 826. The summed E-state index contributed by atoms with van der Waals surface area (Å²) in [7, 11) is 0. The van der Waals surface area contributed by atoms with Gasteiger partial charge in [0, 0.05) is 53.7 Å². The van der Waals surface area contributed by atoms with E-state index in [4.69, 9.17) is 0 Å². The normalized spacial score (nSPS) is 10.2. The molecule has 42 nitrogen and oxygen atoms in total. The van der Waals surface area contributed by atoms with Crippen LogP contribution in [0.5, 0.6) is 0 Å². The molecule has 9 atom stereocenters. The molecule has 0 rings (SSSR count). The van der Waals surface area contributed by atoms with E-state index in [-0.39, 0.29) is 151 Å². The maximum Gasteiger partial charge on any atom is 4.00 e. The summed E-state index contributed by atoms with van der Waals surface area (Å²) in [5.74, 6) is -13.9. The molecule has 0 aromatic carbocycles. The van der Waals surface area contributed by atoms with Crippen molar-refractivity contribution in [3.05, 3.63) is 0 Å². The molecule has 0 bridgehead atoms. The van der Waals surface area contributed by atoms with Crippen molar-refractivity contribution in [3.63, 3.8) is 0 Å². The van der Waals surface area contributed by atoms with Crippen LogP contribution in [0.3, 0.4) is 0 Å². The van der Waals surface area contributed by atoms with Crippen molar-refractivity contribution in [3.8, 4) is 0 Å². The van der Waals surface area contributed by atoms with Crippen molar-refractivity contribution in [1.29, 1.82) is 0 Å². The third-order valence-corrected chi connectivity index (χ3v) is 2.99. The van der Waals surface area contributed by atoms with E-state index >= 15 is 0 Å². The molecule has 0 aromatic rings. The summed E-state index contributed by atoms with van der Waals surface area (Å²) in [4.78, 5) is 83.5. The quantitative estimate of drug-likeness (QED) is 0.117. The van der Waals surface area contributed by atoms with Gasteiger partial charge in [0.1, 0.15) is 0 Å². The Balaban J connectivity index is -0.0000000123. The summed E-state index contributed by atoms with van der Waals surface area (Å²) in [6.45, 7) is 9.21. The fourth-order valence-electron chi connectivity index (χ4n) is 0. The first-order valence-corrected chi connectivity index (χ1v) is 13.6. The fraction of sp³-hybridized carbons (Fsp3) is 0.667. The Hall–Kier alpha value is -3.59. The van der Waals surface area contributed by atoms with Gasteiger partial charge in [0.05, 0.1) is 0 Å². The molecule has 72 heavy (non-hydrogen) atoms. The molecule has 0 fully saturated rings. The van der Waals surface area contributed by atoms with E-state index in [0.717, 1.165) is 62.3 Å². The van der Waals surface area contributed by atoms with E-state index in [1.54, 1.807) is 0 Å². The fourth-order valence-corrected chi connectivity index (χ4v) is 0. The summed E-state index contributed by atoms with van der Waals surface area (Å²) < 4.78 is 0. The molecule has 0 radical (unpaired) electrons. The van der Waals surface area contributed by atoms with Crippen LogP contribution >= 0.6 is 0 Å². The van der Waals surface area contributed by atoms with Gasteiger partial charge in [-0.2, -0.15) is 0 Å². The van der Waals surface area contributed by atoms with Gasteiger partial charge in [-0.1, -0.05) is 117 Å². The maximum absolute atomic E-state index is 9.56. The van der Waals surface area contributed by atoms with E-state index in [2.05, 4.69) is 0 Å². The van der Waals surface area contributed by atoms with Crippen molar-refractivity contribution in [1.82, 2.24) is 36.9 Å². The minimum Gasteiger partial charge on any atom is -0.848 e. The van der Waals surface area contributed by atoms with Crippen LogP contribution in [0.4, 0.5) is 0 Å². The first kappa shape index (κ1) is 181. The number of hydrogen-bond acceptors (Lipinski definition) is 27. The third-order valence-electron chi connectivity index (χ3n) is 2.99. The molecule has 0 saturated carbocycles. The van der Waals surface area contributed by atoms with E-state index < -0.39 is 109 Å². The molecule has 0 spiro atoms. The number of carboxylic acid groups (broad SMARTS) is 9. The maximum atomic E-state index is 9.56. The molecule has 42 N–H and O–H groups in total. The van der Waals surface area contributed by atoms with Crippen LogP contribution in [0.2, 0.25) is 0 Å². The molecule has 0 aromatic heterocycles. The summed E-state index contributed by atoms with van der Waals surface area (Å²) in [6.07, 6.45) is -14.3. The smallest absolute Gasteiger partial charge is 0.848 e. The summed E-state index contributed by atoms with van der Waals surface area (Å²) >= 11 is 0. The van der Waals surface area contributed by atoms with Crippen LogP contribution in [-0.4, -0.2) is 158 Å². The number of hydrogen-bond donors (Lipinski definition) is 6. The largest absolute Gasteiger partial charge is 4.00 e. The number of quaternary nitrogens is 6. The van der Waals surface area contributed by atoms with Crippen LogP contribution in [0.25, 0.3) is 0 Å². The van der Waals surface area contributed by atoms with Gasteiger partial charge in [-0.05, 0) is 0 Å². The predicted octanol–water partition coefficient (Wildman–Crippen LogP) is -27.8. The van der Waals surface area contributed by atoms with Gasteiger partial charge in [0.25, 0.3) is 0 Å². The molecular formula is C27H78N6O36Ti3. The third kappa shape index (κ3) is 270. The minimum atomic E-state index is -1.59. The van der Waals surface area contributed by atoms with Gasteiger partial charge in [-0.3, -0.25) is 0 Å². The number of carboxylic acids is 9. The average Bonchev–Trinajstić information content (AvgIpc) is 2.99. The van der Waals surface area contributed by atoms with Gasteiger partial charge in [0.15, 0.2) is 0 Å². The van der Waals surface area contributed by atoms with Gasteiger partial charge >= 0.3 is 65.2 Å². The zero-order chi connectivity index (χ0) is 46.4. The van der Waals surface area contributed by atoms with Crippen LogP contribution < -0.4 is 129 Å². The second-order valence-corrected chi connectivity index (χ2v) is 8.65. The molecular weight excluding hydrogens is 1130 g/mol. The van der Waals surface area contributed by atoms with Crippen LogP contribution in [0.1, 0.15) is 62.3 Å². The number of carbonyl (C=O) groups is 9. The van der Waals surface area contributed by atoms with E-state index in [9.17, 15) is 135 Å². The second kappa shape index (κ2) is 117. The van der Waals surface area contributed by atoms with E-state index in [1.807, 2.05) is 0 Å². The van der Waals surface area contributed by atoms with Crippen molar-refractivity contribution < 1.29 is 250 Å². The molecule has 0 aliphatic heterocycles. The molecule has 45 heteroatoms. The predicted molar refractivity (Wildman–Crippen MR) is 199 cm³/mol. The molecule has 0 aliphatic rings. The summed E-state index contributed by atoms with van der Waals surface area (Å²) in [5, 5.41) is 170. The van der Waals surface area contributed by atoms with Crippen LogP contribution in [-0.2, 0) is 108 Å². The Morgan fingerprint density at radius 3 is 0.208 bits per heavy atom. The topological polar surface area (TPSA) is 1070 Å². The van der Waals surface area contributed by atoms with Crippen LogP contribution in [0.15, 0.2) is 0 Å². The van der Waals surface area contributed by atoms with Gasteiger partial charge in [-0.15, -0.1) is 0 Å². The number of carbonyl (C=O) groups excluding carboxylic acids is 9. The van der Waals surface area contributed by atoms with Crippen molar-refractivity contribution in [2.24, 2.45) is 0 Å². The van der Waals surface area contributed by atoms with Crippen LogP contribution in [0, 0.1) is 0 Å². The van der Waals surface area contributed by atoms with Crippen molar-refractivity contribution in [2.45, 2.75) is 117 Å². The molecule has 0 aliphatic carbocycles. The molecule has 0 saturated heterocycles. The molecule has 0 unspecified atom stereocenters. The summed E-state index contributed by atoms with van der Waals surface area (Å²) in [5.41, 5.74) is 0. The van der Waals surface area contributed by atoms with Gasteiger partial charge in [-0.25, -0.2) is 0 Å². The average molecular weight is 1210 g/mol. The first-order valence-electron chi connectivity index (χ1n) is 13.6. The standard InChI is InChI=1S/9C3H5O3.6H3N.9H2O.3Ti/c9*1-2(4)3(5)6;;;;;;;;;;;;;;;;;;/h9*2H,1H3,(H,5,6);6*1H3;9*1H2;;;/q9*-1;;;;;;;;;;;;;;;;3*+4/p-3/t9*2-;;;;;;;;;;;;;;;;;;/m000000000................../s1. The Kier molecular flexibility index (Phi) is 295. The second-order valence-electron chi connectivity index (χ2n) is 8.65. The molecule has 0 amide bonds. The number of rotatable bonds is 9. The number of aliphatic carboxylic acids is 9. The SMILES string of the molecule is C[C@H]([O-])C(=O)[O-].C[C@H]([O-])C(=O)[O-].C[C@H]([O-])C(=O)[O-].C[C@H]([O-])C(=O)[O-].C[C@H]([O-])C(=O)[O-].C[C@H]([O-])C(=O)[O-].C[C@H]([O-])C(=O)[O-].C[C@H]([O-])C(=O)[O-].C[C@H]([O-])C(=O)[O-].O.O.O.O.O.O.O.O.O.[NH4+].[NH4+].[NH4+].[NH4+].[NH4+].[NH4+].[Ti+4].[Ti+4].[Ti+4]. The minimum absolute atomic E-state index is 0. The Morgan fingerprint density at radius 2 is 0.208 bits per heavy atom. The first-order chi connectivity index (χ1) is 23.8. The van der Waals surface area contributed by atoms with Gasteiger partial charge < -0.3 is 221 Å². The van der Waals surface area contributed by atoms with E-state index in [1.165, 1.54) is 0 Å². The molecule has 0 heterocycles. The Morgan fingerprint density at radius 1 is 0.194 bits per heavy atom. The van der Waals surface area contributed by atoms with E-state index in [0.29, 0.717) is 0 Å². The summed E-state index contributed by atoms with van der Waals surface area (Å²) in [6, 6.07) is 0. The zero-order valence-electron chi connectivity index (χ0n) is 41.7. The molecule has 444 valence electrons. The monoisotopic (exact) mass is 1210 g/mol. The Labute approximate surface area is 455 Å². The van der Waals surface area contributed by atoms with Gasteiger partial charge in [0.2, 0.25) is 0 Å². The zero-order valence-corrected chi connectivity index (χ0v) is 46.4. The van der Waals surface area contributed by atoms with Crippen molar-refractivity contribution >= 4 is 53.7 Å². The van der Waals surface area contributed by atoms with Crippen molar-refractivity contribution in [2.75, 3.05) is 0 Å².